The van der Waals surface area contributed by atoms with Crippen LogP contribution in [0.3, 0.4) is 0 Å². The summed E-state index contributed by atoms with van der Waals surface area (Å²) in [6.07, 6.45) is 11.2. The van der Waals surface area contributed by atoms with Gasteiger partial charge < -0.3 is 15.3 Å². The fraction of sp³-hybridized carbons (Fsp3) is 0.565. The van der Waals surface area contributed by atoms with Crippen LogP contribution in [-0.4, -0.2) is 47.6 Å². The van der Waals surface area contributed by atoms with E-state index in [-0.39, 0.29) is 17.9 Å². The molecule has 0 atom stereocenters. The van der Waals surface area contributed by atoms with Crippen molar-refractivity contribution in [2.75, 3.05) is 19.6 Å². The zero-order valence-corrected chi connectivity index (χ0v) is 16.4. The first-order valence-corrected chi connectivity index (χ1v) is 10.6. The number of fused-ring (bicyclic) bond motifs is 3. The van der Waals surface area contributed by atoms with Crippen molar-refractivity contribution in [1.29, 1.82) is 0 Å². The molecule has 3 aliphatic heterocycles. The Bertz CT molecular complexity index is 726. The van der Waals surface area contributed by atoms with Gasteiger partial charge in [0.2, 0.25) is 0 Å². The Morgan fingerprint density at radius 3 is 2.18 bits per heavy atom. The predicted octanol–water partition coefficient (Wildman–Crippen LogP) is 3.56. The molecule has 1 amide bonds. The summed E-state index contributed by atoms with van der Waals surface area (Å²) in [7, 11) is 0. The number of allylic oxidation sites excluding steroid dienone is 1. The second-order valence-corrected chi connectivity index (χ2v) is 8.77. The van der Waals surface area contributed by atoms with Gasteiger partial charge in [0.15, 0.2) is 0 Å². The van der Waals surface area contributed by atoms with E-state index in [9.17, 15) is 9.59 Å². The average Bonchev–Trinajstić information content (AvgIpc) is 2.74. The number of hydrogen-bond acceptors (Lipinski definition) is 3. The van der Waals surface area contributed by atoms with E-state index in [1.165, 1.54) is 38.9 Å². The number of aliphatic carboxylic acids is 1. The van der Waals surface area contributed by atoms with Gasteiger partial charge >= 0.3 is 5.97 Å². The molecule has 0 unspecified atom stereocenters. The lowest BCUT2D eigenvalue weighted by Crippen LogP contribution is -2.47. The number of carbonyl (C=O) groups is 2. The standard InChI is InChI=1S/C23H30N2O3/c26-21(24-20-7-5-19(6-8-20)22(27)28)18-3-1-17(2-4-18)9-10-23-11-14-25(15-12-23)16-13-23/h1-4,9-10,19-20H,5-8,11-16H2,(H,24,26)(H,27,28). The first-order valence-electron chi connectivity index (χ1n) is 10.6. The van der Waals surface area contributed by atoms with Crippen LogP contribution in [-0.2, 0) is 4.79 Å². The van der Waals surface area contributed by atoms with Crippen molar-refractivity contribution in [2.45, 2.75) is 51.0 Å². The number of nitrogens with zero attached hydrogens (tertiary/aromatic N) is 1. The molecule has 28 heavy (non-hydrogen) atoms. The number of carboxylic acids is 1. The lowest BCUT2D eigenvalue weighted by atomic mass is 9.72. The monoisotopic (exact) mass is 382 g/mol. The van der Waals surface area contributed by atoms with Crippen LogP contribution in [0.25, 0.3) is 6.08 Å². The molecule has 3 saturated heterocycles. The highest BCUT2D eigenvalue weighted by Gasteiger charge is 2.37. The molecule has 0 radical (unpaired) electrons. The van der Waals surface area contributed by atoms with Gasteiger partial charge in [0.05, 0.1) is 5.92 Å². The molecule has 2 bridgehead atoms. The van der Waals surface area contributed by atoms with E-state index in [0.29, 0.717) is 23.8 Å². The summed E-state index contributed by atoms with van der Waals surface area (Å²) < 4.78 is 0. The topological polar surface area (TPSA) is 69.6 Å². The van der Waals surface area contributed by atoms with Crippen molar-refractivity contribution in [2.24, 2.45) is 11.3 Å². The fourth-order valence-corrected chi connectivity index (χ4v) is 4.87. The van der Waals surface area contributed by atoms with E-state index >= 15 is 0 Å². The molecular weight excluding hydrogens is 352 g/mol. The van der Waals surface area contributed by atoms with Gasteiger partial charge in [-0.25, -0.2) is 0 Å². The minimum atomic E-state index is -0.716. The Labute approximate surface area is 166 Å². The molecule has 5 rings (SSSR count). The Hall–Kier alpha value is -2.14. The third-order valence-corrected chi connectivity index (χ3v) is 6.99. The first-order chi connectivity index (χ1) is 13.5. The van der Waals surface area contributed by atoms with Crippen LogP contribution in [0.2, 0.25) is 0 Å². The maximum atomic E-state index is 12.5. The molecule has 1 saturated carbocycles. The Morgan fingerprint density at radius 1 is 1.00 bits per heavy atom. The van der Waals surface area contributed by atoms with Crippen LogP contribution in [0.4, 0.5) is 0 Å². The molecule has 3 heterocycles. The second-order valence-electron chi connectivity index (χ2n) is 8.77. The molecule has 5 heteroatoms. The number of piperidine rings is 3. The van der Waals surface area contributed by atoms with Crippen molar-refractivity contribution in [3.63, 3.8) is 0 Å². The Kier molecular flexibility index (Phi) is 5.54. The largest absolute Gasteiger partial charge is 0.481 e. The van der Waals surface area contributed by atoms with E-state index < -0.39 is 5.97 Å². The molecule has 1 aromatic rings. The summed E-state index contributed by atoms with van der Waals surface area (Å²) in [6, 6.07) is 7.89. The molecule has 2 N–H and O–H groups in total. The van der Waals surface area contributed by atoms with Crippen molar-refractivity contribution in [3.8, 4) is 0 Å². The molecule has 1 aliphatic carbocycles. The molecule has 0 aromatic heterocycles. The highest BCUT2D eigenvalue weighted by atomic mass is 16.4. The number of nitrogens with one attached hydrogen (secondary N) is 1. The Balaban J connectivity index is 1.31. The summed E-state index contributed by atoms with van der Waals surface area (Å²) in [5.41, 5.74) is 2.18. The van der Waals surface area contributed by atoms with Gasteiger partial charge in [-0.1, -0.05) is 24.3 Å². The molecule has 1 aromatic carbocycles. The van der Waals surface area contributed by atoms with Gasteiger partial charge in [0.1, 0.15) is 0 Å². The SMILES string of the molecule is O=C(NC1CCC(C(=O)O)CC1)c1ccc(C=CC23CCN(CC2)CC3)cc1. The van der Waals surface area contributed by atoms with E-state index in [4.69, 9.17) is 5.11 Å². The highest BCUT2D eigenvalue weighted by molar-refractivity contribution is 5.94. The van der Waals surface area contributed by atoms with Crippen molar-refractivity contribution in [3.05, 3.63) is 41.5 Å². The van der Waals surface area contributed by atoms with Gasteiger partial charge in [-0.2, -0.15) is 0 Å². The highest BCUT2D eigenvalue weighted by Crippen LogP contribution is 2.41. The number of amides is 1. The summed E-state index contributed by atoms with van der Waals surface area (Å²) in [6.45, 7) is 3.66. The Morgan fingerprint density at radius 2 is 1.61 bits per heavy atom. The van der Waals surface area contributed by atoms with Crippen molar-refractivity contribution in [1.82, 2.24) is 10.2 Å². The predicted molar refractivity (Wildman–Crippen MR) is 109 cm³/mol. The lowest BCUT2D eigenvalue weighted by Gasteiger charge is -2.47. The van der Waals surface area contributed by atoms with Crippen LogP contribution >= 0.6 is 0 Å². The summed E-state index contributed by atoms with van der Waals surface area (Å²) >= 11 is 0. The van der Waals surface area contributed by atoms with Crippen LogP contribution in [0, 0.1) is 11.3 Å². The average molecular weight is 383 g/mol. The normalized spacial score (nSPS) is 32.4. The molecule has 4 aliphatic rings. The van der Waals surface area contributed by atoms with Crippen molar-refractivity contribution >= 4 is 18.0 Å². The van der Waals surface area contributed by atoms with Crippen LogP contribution in [0.1, 0.15) is 60.9 Å². The lowest BCUT2D eigenvalue weighted by molar-refractivity contribution is -0.142. The van der Waals surface area contributed by atoms with Gasteiger partial charge in [0.25, 0.3) is 5.91 Å². The van der Waals surface area contributed by atoms with Gasteiger partial charge in [-0.05, 0) is 87.7 Å². The van der Waals surface area contributed by atoms with E-state index in [2.05, 4.69) is 22.4 Å². The quantitative estimate of drug-likeness (QED) is 0.817. The third-order valence-electron chi connectivity index (χ3n) is 6.99. The number of carbonyl (C=O) groups excluding carboxylic acids is 1. The first kappa shape index (κ1) is 19.2. The van der Waals surface area contributed by atoms with Crippen LogP contribution < -0.4 is 5.32 Å². The number of hydrogen-bond donors (Lipinski definition) is 2. The number of carboxylic acid groups (broad SMARTS) is 1. The molecule has 5 nitrogen and oxygen atoms in total. The third kappa shape index (κ3) is 4.30. The van der Waals surface area contributed by atoms with Crippen LogP contribution in [0.15, 0.2) is 30.3 Å². The minimum Gasteiger partial charge on any atom is -0.481 e. The van der Waals surface area contributed by atoms with Gasteiger partial charge in [-0.15, -0.1) is 0 Å². The molecular formula is C23H30N2O3. The zero-order chi connectivity index (χ0) is 19.6. The zero-order valence-electron chi connectivity index (χ0n) is 16.4. The van der Waals surface area contributed by atoms with Crippen molar-refractivity contribution < 1.29 is 14.7 Å². The minimum absolute atomic E-state index is 0.0625. The van der Waals surface area contributed by atoms with E-state index in [1.807, 2.05) is 24.3 Å². The van der Waals surface area contributed by atoms with E-state index in [0.717, 1.165) is 18.4 Å². The maximum absolute atomic E-state index is 12.5. The molecule has 150 valence electrons. The summed E-state index contributed by atoms with van der Waals surface area (Å²) in [5.74, 6) is -1.03. The molecule has 4 fully saturated rings. The smallest absolute Gasteiger partial charge is 0.306 e. The second kappa shape index (κ2) is 8.08. The maximum Gasteiger partial charge on any atom is 0.306 e. The van der Waals surface area contributed by atoms with Crippen LogP contribution in [0.5, 0.6) is 0 Å². The van der Waals surface area contributed by atoms with Gasteiger partial charge in [-0.3, -0.25) is 9.59 Å². The fourth-order valence-electron chi connectivity index (χ4n) is 4.87. The van der Waals surface area contributed by atoms with Gasteiger partial charge in [0, 0.05) is 11.6 Å². The number of rotatable bonds is 5. The summed E-state index contributed by atoms with van der Waals surface area (Å²) in [4.78, 5) is 26.1. The number of benzene rings is 1. The molecule has 0 spiro atoms. The van der Waals surface area contributed by atoms with E-state index in [1.54, 1.807) is 0 Å². The summed E-state index contributed by atoms with van der Waals surface area (Å²) in [5, 5.41) is 12.1.